The van der Waals surface area contributed by atoms with Crippen molar-refractivity contribution < 1.29 is 0 Å². The molecule has 1 aliphatic carbocycles. The van der Waals surface area contributed by atoms with Gasteiger partial charge in [0.15, 0.2) is 0 Å². The van der Waals surface area contributed by atoms with Crippen LogP contribution >= 0.6 is 0 Å². The monoisotopic (exact) mass is 137 g/mol. The number of allylic oxidation sites excluding steroid dienone is 4. The van der Waals surface area contributed by atoms with E-state index >= 15 is 0 Å². The minimum Gasteiger partial charge on any atom is -0.0802 e. The maximum absolute atomic E-state index is 3.36. The molecule has 0 saturated carbocycles. The van der Waals surface area contributed by atoms with E-state index in [1.54, 1.807) is 0 Å². The zero-order valence-electron chi connectivity index (χ0n) is 6.36. The largest absolute Gasteiger partial charge is 0.0802 e. The van der Waals surface area contributed by atoms with E-state index in [0.717, 1.165) is 6.42 Å². The summed E-state index contributed by atoms with van der Waals surface area (Å²) in [6.45, 7) is 7.06. The van der Waals surface area contributed by atoms with Crippen molar-refractivity contribution in [3.8, 4) is 0 Å². The van der Waals surface area contributed by atoms with E-state index in [4.69, 9.17) is 0 Å². The van der Waals surface area contributed by atoms with E-state index in [1.807, 2.05) is 0 Å². The molecule has 0 aromatic rings. The lowest BCUT2D eigenvalue weighted by atomic mass is 10.5. The van der Waals surface area contributed by atoms with Crippen LogP contribution in [0.2, 0.25) is 19.6 Å². The zero-order valence-corrected chi connectivity index (χ0v) is 7.36. The molecule has 0 bridgehead atoms. The van der Waals surface area contributed by atoms with Gasteiger partial charge in [0.1, 0.15) is 0 Å². The molecule has 0 nitrogen and oxygen atoms in total. The fourth-order valence-corrected chi connectivity index (χ4v) is 2.17. The SMILES string of the molecule is C[Si](C)(C)C1=[C]CC=C1. The Labute approximate surface area is 58.3 Å². The molecule has 1 aliphatic rings. The molecule has 1 heteroatoms. The van der Waals surface area contributed by atoms with E-state index in [1.165, 1.54) is 5.20 Å². The second-order valence-corrected chi connectivity index (χ2v) is 8.49. The highest BCUT2D eigenvalue weighted by Crippen LogP contribution is 2.19. The van der Waals surface area contributed by atoms with Gasteiger partial charge in [0.25, 0.3) is 0 Å². The third-order valence-corrected chi connectivity index (χ3v) is 3.46. The second kappa shape index (κ2) is 2.14. The summed E-state index contributed by atoms with van der Waals surface area (Å²) in [5, 5.41) is 1.49. The van der Waals surface area contributed by atoms with E-state index in [0.29, 0.717) is 0 Å². The zero-order chi connectivity index (χ0) is 6.91. The van der Waals surface area contributed by atoms with Gasteiger partial charge < -0.3 is 0 Å². The Morgan fingerprint density at radius 2 is 2.11 bits per heavy atom. The van der Waals surface area contributed by atoms with Crippen LogP contribution in [-0.2, 0) is 0 Å². The molecule has 0 spiro atoms. The van der Waals surface area contributed by atoms with E-state index in [2.05, 4.69) is 37.9 Å². The normalized spacial score (nSPS) is 18.3. The number of hydrogen-bond donors (Lipinski definition) is 0. The maximum atomic E-state index is 3.36. The first kappa shape index (κ1) is 6.81. The van der Waals surface area contributed by atoms with Crippen molar-refractivity contribution >= 4 is 8.07 Å². The fourth-order valence-electron chi connectivity index (χ4n) is 0.920. The Balaban J connectivity index is 2.73. The van der Waals surface area contributed by atoms with Gasteiger partial charge in [-0.05, 0) is 12.5 Å². The molecule has 49 valence electrons. The lowest BCUT2D eigenvalue weighted by molar-refractivity contribution is 1.39. The quantitative estimate of drug-likeness (QED) is 0.487. The Hall–Kier alpha value is -0.303. The molecule has 0 heterocycles. The van der Waals surface area contributed by atoms with Gasteiger partial charge in [0, 0.05) is 0 Å². The van der Waals surface area contributed by atoms with Gasteiger partial charge in [-0.1, -0.05) is 37.0 Å². The summed E-state index contributed by atoms with van der Waals surface area (Å²) >= 11 is 0. The molecular weight excluding hydrogens is 124 g/mol. The molecule has 1 rings (SSSR count). The summed E-state index contributed by atoms with van der Waals surface area (Å²) in [5.74, 6) is 0. The average molecular weight is 137 g/mol. The van der Waals surface area contributed by atoms with Gasteiger partial charge in [-0.15, -0.1) is 0 Å². The van der Waals surface area contributed by atoms with Gasteiger partial charge >= 0.3 is 0 Å². The second-order valence-electron chi connectivity index (χ2n) is 3.45. The molecule has 0 aromatic carbocycles. The summed E-state index contributed by atoms with van der Waals surface area (Å²) in [7, 11) is -1.01. The summed E-state index contributed by atoms with van der Waals surface area (Å²) in [4.78, 5) is 0. The molecule has 0 N–H and O–H groups in total. The van der Waals surface area contributed by atoms with Crippen LogP contribution in [0.1, 0.15) is 6.42 Å². The van der Waals surface area contributed by atoms with Gasteiger partial charge in [-0.25, -0.2) is 0 Å². The van der Waals surface area contributed by atoms with Crippen LogP contribution in [0.4, 0.5) is 0 Å². The standard InChI is InChI=1S/C8H13Si/c1-9(2,3)8-6-4-5-7-8/h4,6H,5H2,1-3H3. The third-order valence-electron chi connectivity index (χ3n) is 1.50. The lowest BCUT2D eigenvalue weighted by Crippen LogP contribution is -2.21. The highest BCUT2D eigenvalue weighted by Gasteiger charge is 2.18. The first-order valence-corrected chi connectivity index (χ1v) is 6.88. The van der Waals surface area contributed by atoms with Crippen LogP contribution in [0.15, 0.2) is 17.3 Å². The number of rotatable bonds is 1. The number of hydrogen-bond acceptors (Lipinski definition) is 0. The topological polar surface area (TPSA) is 0 Å². The Morgan fingerprint density at radius 1 is 1.44 bits per heavy atom. The van der Waals surface area contributed by atoms with E-state index in [-0.39, 0.29) is 0 Å². The van der Waals surface area contributed by atoms with Crippen molar-refractivity contribution in [1.82, 2.24) is 0 Å². The summed E-state index contributed by atoms with van der Waals surface area (Å²) in [5.41, 5.74) is 0. The molecule has 9 heavy (non-hydrogen) atoms. The van der Waals surface area contributed by atoms with E-state index in [9.17, 15) is 0 Å². The highest BCUT2D eigenvalue weighted by atomic mass is 28.3. The first-order valence-electron chi connectivity index (χ1n) is 3.38. The van der Waals surface area contributed by atoms with Crippen LogP contribution in [0, 0.1) is 6.08 Å². The van der Waals surface area contributed by atoms with Crippen LogP contribution in [0.3, 0.4) is 0 Å². The highest BCUT2D eigenvalue weighted by molar-refractivity contribution is 6.83. The maximum Gasteiger partial charge on any atom is 0.0779 e. The fraction of sp³-hybridized carbons (Fsp3) is 0.500. The van der Waals surface area contributed by atoms with Crippen molar-refractivity contribution in [2.75, 3.05) is 0 Å². The summed E-state index contributed by atoms with van der Waals surface area (Å²) < 4.78 is 0. The Morgan fingerprint density at radius 3 is 2.33 bits per heavy atom. The molecule has 0 aliphatic heterocycles. The molecular formula is C8H13Si. The van der Waals surface area contributed by atoms with Gasteiger partial charge in [-0.3, -0.25) is 0 Å². The Bertz CT molecular complexity index is 158. The van der Waals surface area contributed by atoms with Crippen LogP contribution in [-0.4, -0.2) is 8.07 Å². The summed E-state index contributed by atoms with van der Waals surface area (Å²) in [6, 6.07) is 0. The average Bonchev–Trinajstić information content (AvgIpc) is 2.08. The molecule has 1 radical (unpaired) electrons. The molecule has 0 amide bonds. The van der Waals surface area contributed by atoms with Gasteiger partial charge in [0.2, 0.25) is 0 Å². The van der Waals surface area contributed by atoms with Crippen LogP contribution in [0.25, 0.3) is 0 Å². The van der Waals surface area contributed by atoms with Crippen molar-refractivity contribution in [3.05, 3.63) is 23.4 Å². The van der Waals surface area contributed by atoms with Crippen molar-refractivity contribution in [3.63, 3.8) is 0 Å². The van der Waals surface area contributed by atoms with E-state index < -0.39 is 8.07 Å². The minimum absolute atomic E-state index is 1.01. The lowest BCUT2D eigenvalue weighted by Gasteiger charge is -2.14. The molecule has 0 fully saturated rings. The van der Waals surface area contributed by atoms with Gasteiger partial charge in [0.05, 0.1) is 8.07 Å². The minimum atomic E-state index is -1.01. The molecule has 0 saturated heterocycles. The van der Waals surface area contributed by atoms with Crippen molar-refractivity contribution in [2.45, 2.75) is 26.1 Å². The van der Waals surface area contributed by atoms with Gasteiger partial charge in [-0.2, -0.15) is 0 Å². The summed E-state index contributed by atoms with van der Waals surface area (Å²) in [6.07, 6.45) is 8.82. The predicted octanol–water partition coefficient (Wildman–Crippen LogP) is 2.55. The molecule has 0 atom stereocenters. The first-order chi connectivity index (χ1) is 4.11. The van der Waals surface area contributed by atoms with Crippen LogP contribution < -0.4 is 0 Å². The third kappa shape index (κ3) is 1.55. The smallest absolute Gasteiger partial charge is 0.0779 e. The van der Waals surface area contributed by atoms with Crippen molar-refractivity contribution in [2.24, 2.45) is 0 Å². The predicted molar refractivity (Wildman–Crippen MR) is 43.9 cm³/mol. The molecule has 0 aromatic heterocycles. The molecule has 0 unspecified atom stereocenters. The van der Waals surface area contributed by atoms with Crippen LogP contribution in [0.5, 0.6) is 0 Å². The van der Waals surface area contributed by atoms with Crippen molar-refractivity contribution in [1.29, 1.82) is 0 Å². The Kier molecular flexibility index (Phi) is 1.62.